The Labute approximate surface area is 161 Å². The van der Waals surface area contributed by atoms with Gasteiger partial charge in [-0.1, -0.05) is 31.1 Å². The number of ether oxygens (including phenoxy) is 1. The number of allylic oxidation sites excluding steroid dienone is 5. The van der Waals surface area contributed by atoms with Crippen LogP contribution in [0.25, 0.3) is 0 Å². The molecule has 0 aromatic rings. The molecule has 4 aliphatic carbocycles. The lowest BCUT2D eigenvalue weighted by Crippen LogP contribution is -2.55. The second kappa shape index (κ2) is 6.44. The standard InChI is InChI=1S/C23H30O4/c1-14(24)27-11-9-15-5-7-19-18-6-4-16-12-17(25)8-10-22(16,2)21(18)20(26)13-23(15,19)3/h8-10,12,18-21,26H,4-7,11,13H2,1-3H3/b15-9+/t18-,19-,20-,21+,22-,23+/m0/s1. The average Bonchev–Trinajstić information content (AvgIpc) is 2.91. The Morgan fingerprint density at radius 2 is 2.11 bits per heavy atom. The van der Waals surface area contributed by atoms with Gasteiger partial charge in [-0.15, -0.1) is 0 Å². The zero-order chi connectivity index (χ0) is 19.4. The first kappa shape index (κ1) is 18.7. The number of esters is 1. The third kappa shape index (κ3) is 2.84. The van der Waals surface area contributed by atoms with Crippen molar-refractivity contribution in [2.75, 3.05) is 6.61 Å². The largest absolute Gasteiger partial charge is 0.462 e. The molecule has 27 heavy (non-hydrogen) atoms. The normalized spacial score (nSPS) is 44.4. The highest BCUT2D eigenvalue weighted by Gasteiger charge is 2.60. The molecule has 4 rings (SSSR count). The van der Waals surface area contributed by atoms with Gasteiger partial charge in [0, 0.05) is 18.3 Å². The second-order valence-electron chi connectivity index (χ2n) is 9.28. The van der Waals surface area contributed by atoms with Gasteiger partial charge in [-0.25, -0.2) is 0 Å². The molecule has 0 saturated heterocycles. The Hall–Kier alpha value is -1.68. The summed E-state index contributed by atoms with van der Waals surface area (Å²) in [4.78, 5) is 22.9. The average molecular weight is 370 g/mol. The maximum atomic E-state index is 11.9. The van der Waals surface area contributed by atoms with Crippen LogP contribution in [0.1, 0.15) is 52.9 Å². The highest BCUT2D eigenvalue weighted by Crippen LogP contribution is 2.65. The number of carbonyl (C=O) groups is 2. The summed E-state index contributed by atoms with van der Waals surface area (Å²) in [6.45, 7) is 6.25. The molecular weight excluding hydrogens is 340 g/mol. The predicted octanol–water partition coefficient (Wildman–Crippen LogP) is 3.75. The van der Waals surface area contributed by atoms with E-state index in [0.29, 0.717) is 18.4 Å². The molecule has 6 atom stereocenters. The number of aliphatic hydroxyl groups excluding tert-OH is 1. The molecule has 0 spiro atoms. The molecule has 0 unspecified atom stereocenters. The molecule has 0 bridgehead atoms. The molecular formula is C23H30O4. The molecule has 146 valence electrons. The summed E-state index contributed by atoms with van der Waals surface area (Å²) in [6.07, 6.45) is 12.1. The van der Waals surface area contributed by atoms with Crippen LogP contribution in [0.15, 0.2) is 35.5 Å². The van der Waals surface area contributed by atoms with Crippen LogP contribution in [-0.2, 0) is 14.3 Å². The van der Waals surface area contributed by atoms with Gasteiger partial charge in [0.25, 0.3) is 0 Å². The van der Waals surface area contributed by atoms with Crippen LogP contribution in [-0.4, -0.2) is 29.6 Å². The highest BCUT2D eigenvalue weighted by molar-refractivity contribution is 6.01. The van der Waals surface area contributed by atoms with Crippen LogP contribution in [0.3, 0.4) is 0 Å². The van der Waals surface area contributed by atoms with Crippen LogP contribution in [0.4, 0.5) is 0 Å². The Bertz CT molecular complexity index is 760. The molecule has 3 fully saturated rings. The Balaban J connectivity index is 1.64. The van der Waals surface area contributed by atoms with Gasteiger partial charge in [0.15, 0.2) is 5.78 Å². The van der Waals surface area contributed by atoms with E-state index >= 15 is 0 Å². The van der Waals surface area contributed by atoms with Crippen molar-refractivity contribution < 1.29 is 19.4 Å². The Kier molecular flexibility index (Phi) is 4.45. The SMILES string of the molecule is CC(=O)OC/C=C1\CC[C@H]2[C@@H]3CCC4=CC(=O)C=C[C@]4(C)[C@H]3[C@@H](O)C[C@]12C. The highest BCUT2D eigenvalue weighted by atomic mass is 16.5. The minimum absolute atomic E-state index is 0.0213. The van der Waals surface area contributed by atoms with E-state index in [4.69, 9.17) is 4.74 Å². The molecule has 0 radical (unpaired) electrons. The second-order valence-corrected chi connectivity index (χ2v) is 9.28. The number of rotatable bonds is 2. The van der Waals surface area contributed by atoms with E-state index in [-0.39, 0.29) is 28.5 Å². The minimum Gasteiger partial charge on any atom is -0.462 e. The van der Waals surface area contributed by atoms with Crippen LogP contribution < -0.4 is 0 Å². The van der Waals surface area contributed by atoms with Gasteiger partial charge >= 0.3 is 5.97 Å². The lowest BCUT2D eigenvalue weighted by Gasteiger charge is -2.58. The zero-order valence-corrected chi connectivity index (χ0v) is 16.5. The predicted molar refractivity (Wildman–Crippen MR) is 103 cm³/mol. The molecule has 1 N–H and O–H groups in total. The fourth-order valence-corrected chi connectivity index (χ4v) is 6.77. The van der Waals surface area contributed by atoms with E-state index in [2.05, 4.69) is 26.0 Å². The fraction of sp³-hybridized carbons (Fsp3) is 0.652. The molecule has 4 nitrogen and oxygen atoms in total. The number of ketones is 1. The summed E-state index contributed by atoms with van der Waals surface area (Å²) in [7, 11) is 0. The quantitative estimate of drug-likeness (QED) is 0.594. The summed E-state index contributed by atoms with van der Waals surface area (Å²) >= 11 is 0. The molecule has 0 aliphatic heterocycles. The topological polar surface area (TPSA) is 63.6 Å². The first-order chi connectivity index (χ1) is 12.8. The van der Waals surface area contributed by atoms with Crippen LogP contribution in [0.5, 0.6) is 0 Å². The number of hydrogen-bond acceptors (Lipinski definition) is 4. The van der Waals surface area contributed by atoms with Gasteiger partial charge in [-0.3, -0.25) is 9.59 Å². The maximum Gasteiger partial charge on any atom is 0.302 e. The van der Waals surface area contributed by atoms with E-state index in [9.17, 15) is 14.7 Å². The van der Waals surface area contributed by atoms with Gasteiger partial charge in [0.05, 0.1) is 6.10 Å². The van der Waals surface area contributed by atoms with Crippen molar-refractivity contribution in [3.05, 3.63) is 35.5 Å². The summed E-state index contributed by atoms with van der Waals surface area (Å²) in [5, 5.41) is 11.3. The first-order valence-electron chi connectivity index (χ1n) is 10.2. The maximum absolute atomic E-state index is 11.9. The van der Waals surface area contributed by atoms with E-state index in [1.165, 1.54) is 18.1 Å². The Morgan fingerprint density at radius 3 is 2.85 bits per heavy atom. The van der Waals surface area contributed by atoms with Crippen molar-refractivity contribution >= 4 is 11.8 Å². The minimum atomic E-state index is -0.391. The van der Waals surface area contributed by atoms with Gasteiger partial charge in [0.2, 0.25) is 0 Å². The van der Waals surface area contributed by atoms with Crippen molar-refractivity contribution in [2.24, 2.45) is 28.6 Å². The van der Waals surface area contributed by atoms with Crippen LogP contribution in [0.2, 0.25) is 0 Å². The Morgan fingerprint density at radius 1 is 1.33 bits per heavy atom. The summed E-state index contributed by atoms with van der Waals surface area (Å²) in [5.41, 5.74) is 2.31. The van der Waals surface area contributed by atoms with Crippen LogP contribution in [0, 0.1) is 28.6 Å². The number of fused-ring (bicyclic) bond motifs is 5. The van der Waals surface area contributed by atoms with E-state index in [0.717, 1.165) is 32.1 Å². The van der Waals surface area contributed by atoms with E-state index in [1.807, 2.05) is 0 Å². The third-order valence-electron chi connectivity index (χ3n) is 7.96. The fourth-order valence-electron chi connectivity index (χ4n) is 6.77. The van der Waals surface area contributed by atoms with Crippen molar-refractivity contribution in [3.8, 4) is 0 Å². The van der Waals surface area contributed by atoms with Crippen molar-refractivity contribution in [1.29, 1.82) is 0 Å². The number of carbonyl (C=O) groups excluding carboxylic acids is 2. The first-order valence-corrected chi connectivity index (χ1v) is 10.2. The van der Waals surface area contributed by atoms with Crippen LogP contribution >= 0.6 is 0 Å². The van der Waals surface area contributed by atoms with Gasteiger partial charge in [0.1, 0.15) is 6.61 Å². The molecule has 0 aromatic heterocycles. The molecule has 4 heteroatoms. The zero-order valence-electron chi connectivity index (χ0n) is 16.5. The summed E-state index contributed by atoms with van der Waals surface area (Å²) in [5.74, 6) is 0.992. The van der Waals surface area contributed by atoms with Crippen molar-refractivity contribution in [2.45, 2.75) is 59.0 Å². The van der Waals surface area contributed by atoms with Gasteiger partial charge in [-0.05, 0) is 67.6 Å². The summed E-state index contributed by atoms with van der Waals surface area (Å²) in [6, 6.07) is 0. The lowest BCUT2D eigenvalue weighted by atomic mass is 9.47. The number of hydrogen-bond donors (Lipinski definition) is 1. The van der Waals surface area contributed by atoms with Gasteiger partial charge < -0.3 is 9.84 Å². The molecule has 0 heterocycles. The monoisotopic (exact) mass is 370 g/mol. The van der Waals surface area contributed by atoms with E-state index < -0.39 is 6.10 Å². The van der Waals surface area contributed by atoms with E-state index in [1.54, 1.807) is 12.2 Å². The third-order valence-corrected chi connectivity index (χ3v) is 7.96. The summed E-state index contributed by atoms with van der Waals surface area (Å²) < 4.78 is 5.13. The van der Waals surface area contributed by atoms with Crippen molar-refractivity contribution in [3.63, 3.8) is 0 Å². The molecule has 4 aliphatic rings. The molecule has 0 aromatic carbocycles. The lowest BCUT2D eigenvalue weighted by molar-refractivity contribution is -0.139. The molecule has 0 amide bonds. The van der Waals surface area contributed by atoms with Gasteiger partial charge in [-0.2, -0.15) is 0 Å². The number of aliphatic hydroxyl groups is 1. The van der Waals surface area contributed by atoms with Crippen molar-refractivity contribution in [1.82, 2.24) is 0 Å². The smallest absolute Gasteiger partial charge is 0.302 e. The molecule has 3 saturated carbocycles.